The molecular formula is C20H23N5O3S3. The second-order valence-electron chi connectivity index (χ2n) is 7.49. The number of nitrogens with one attached hydrogen (secondary N) is 1. The highest BCUT2D eigenvalue weighted by Gasteiger charge is 2.30. The third-order valence-electron chi connectivity index (χ3n) is 4.88. The van der Waals surface area contributed by atoms with Crippen molar-refractivity contribution in [2.75, 3.05) is 25.2 Å². The summed E-state index contributed by atoms with van der Waals surface area (Å²) >= 11 is 2.95. The van der Waals surface area contributed by atoms with Gasteiger partial charge in [-0.1, -0.05) is 23.9 Å². The molecule has 1 amide bonds. The van der Waals surface area contributed by atoms with Crippen LogP contribution in [-0.2, 0) is 14.8 Å². The van der Waals surface area contributed by atoms with Crippen LogP contribution in [0.4, 0.5) is 5.69 Å². The van der Waals surface area contributed by atoms with E-state index >= 15 is 0 Å². The lowest BCUT2D eigenvalue weighted by Crippen LogP contribution is -2.23. The summed E-state index contributed by atoms with van der Waals surface area (Å²) in [5, 5.41) is 14.2. The second kappa shape index (κ2) is 8.73. The normalized spacial score (nSPS) is 14.2. The topological polar surface area (TPSA) is 97.2 Å². The Kier molecular flexibility index (Phi) is 6.20. The number of sulfonamides is 1. The van der Waals surface area contributed by atoms with Gasteiger partial charge in [-0.25, -0.2) is 12.7 Å². The molecule has 8 nitrogen and oxygen atoms in total. The molecule has 0 radical (unpaired) electrons. The van der Waals surface area contributed by atoms with Crippen LogP contribution >= 0.6 is 23.1 Å². The molecule has 0 aliphatic heterocycles. The van der Waals surface area contributed by atoms with Crippen molar-refractivity contribution >= 4 is 44.7 Å². The number of rotatable bonds is 8. The van der Waals surface area contributed by atoms with E-state index in [2.05, 4.69) is 20.1 Å². The van der Waals surface area contributed by atoms with Crippen molar-refractivity contribution in [2.45, 2.75) is 35.9 Å². The van der Waals surface area contributed by atoms with Gasteiger partial charge in [-0.05, 0) is 48.9 Å². The van der Waals surface area contributed by atoms with Crippen LogP contribution < -0.4 is 5.32 Å². The largest absolute Gasteiger partial charge is 0.325 e. The molecule has 1 aliphatic carbocycles. The molecule has 2 aromatic heterocycles. The molecule has 1 N–H and O–H groups in total. The first-order chi connectivity index (χ1) is 14.8. The summed E-state index contributed by atoms with van der Waals surface area (Å²) in [4.78, 5) is 13.8. The fraction of sp³-hybridized carbons (Fsp3) is 0.350. The van der Waals surface area contributed by atoms with Gasteiger partial charge in [-0.3, -0.25) is 9.36 Å². The van der Waals surface area contributed by atoms with E-state index in [0.29, 0.717) is 17.3 Å². The maximum Gasteiger partial charge on any atom is 0.242 e. The smallest absolute Gasteiger partial charge is 0.242 e. The van der Waals surface area contributed by atoms with E-state index in [-0.39, 0.29) is 16.6 Å². The van der Waals surface area contributed by atoms with Gasteiger partial charge >= 0.3 is 0 Å². The third kappa shape index (κ3) is 4.69. The molecule has 1 aromatic carbocycles. The lowest BCUT2D eigenvalue weighted by Gasteiger charge is -2.15. The predicted molar refractivity (Wildman–Crippen MR) is 123 cm³/mol. The highest BCUT2D eigenvalue weighted by atomic mass is 32.2. The summed E-state index contributed by atoms with van der Waals surface area (Å²) in [5.41, 5.74) is 1.07. The zero-order chi connectivity index (χ0) is 22.2. The van der Waals surface area contributed by atoms with Crippen molar-refractivity contribution in [1.82, 2.24) is 19.1 Å². The summed E-state index contributed by atoms with van der Waals surface area (Å²) in [7, 11) is -0.625. The van der Waals surface area contributed by atoms with E-state index in [1.807, 2.05) is 17.5 Å². The number of thiophene rings is 1. The van der Waals surface area contributed by atoms with Crippen molar-refractivity contribution in [3.05, 3.63) is 41.3 Å². The minimum absolute atomic E-state index is 0.152. The van der Waals surface area contributed by atoms with Gasteiger partial charge in [0.25, 0.3) is 0 Å². The Bertz CT molecular complexity index is 1200. The van der Waals surface area contributed by atoms with Crippen LogP contribution in [0.25, 0.3) is 10.7 Å². The molecule has 0 spiro atoms. The van der Waals surface area contributed by atoms with Crippen molar-refractivity contribution < 1.29 is 13.2 Å². The summed E-state index contributed by atoms with van der Waals surface area (Å²) < 4.78 is 28.3. The van der Waals surface area contributed by atoms with Gasteiger partial charge in [0.2, 0.25) is 15.9 Å². The molecule has 1 saturated carbocycles. The molecule has 0 unspecified atom stereocenters. The lowest BCUT2D eigenvalue weighted by molar-refractivity contribution is -0.113. The Morgan fingerprint density at radius 2 is 2.06 bits per heavy atom. The van der Waals surface area contributed by atoms with Crippen molar-refractivity contribution in [1.29, 1.82) is 0 Å². The van der Waals surface area contributed by atoms with Crippen LogP contribution in [0.3, 0.4) is 0 Å². The SMILES string of the molecule is Cc1ccc(NC(=O)CSc2nnc(-c3cccs3)n2C2CC2)cc1S(=O)(=O)N(C)C. The summed E-state index contributed by atoms with van der Waals surface area (Å²) in [6, 6.07) is 9.27. The zero-order valence-corrected chi connectivity index (χ0v) is 19.9. The van der Waals surface area contributed by atoms with Crippen molar-refractivity contribution in [3.63, 3.8) is 0 Å². The Labute approximate surface area is 189 Å². The fourth-order valence-corrected chi connectivity index (χ4v) is 5.75. The van der Waals surface area contributed by atoms with Gasteiger partial charge in [0.15, 0.2) is 11.0 Å². The molecule has 11 heteroatoms. The molecule has 4 rings (SSSR count). The van der Waals surface area contributed by atoms with E-state index in [1.54, 1.807) is 30.4 Å². The number of nitrogens with zero attached hydrogens (tertiary/aromatic N) is 4. The number of amides is 1. The first-order valence-electron chi connectivity index (χ1n) is 9.72. The summed E-state index contributed by atoms with van der Waals surface area (Å²) in [6.45, 7) is 1.73. The second-order valence-corrected chi connectivity index (χ2v) is 11.5. The first-order valence-corrected chi connectivity index (χ1v) is 13.0. The van der Waals surface area contributed by atoms with E-state index < -0.39 is 10.0 Å². The molecule has 1 aliphatic rings. The number of thioether (sulfide) groups is 1. The number of carbonyl (C=O) groups excluding carboxylic acids is 1. The number of benzene rings is 1. The van der Waals surface area contributed by atoms with Crippen LogP contribution in [0.15, 0.2) is 45.8 Å². The van der Waals surface area contributed by atoms with Crippen LogP contribution in [-0.4, -0.2) is 53.2 Å². The van der Waals surface area contributed by atoms with Gasteiger partial charge in [0.05, 0.1) is 15.5 Å². The Balaban J connectivity index is 1.46. The van der Waals surface area contributed by atoms with Gasteiger partial charge in [-0.2, -0.15) is 0 Å². The molecule has 31 heavy (non-hydrogen) atoms. The number of carbonyl (C=O) groups is 1. The number of hydrogen-bond donors (Lipinski definition) is 1. The molecule has 3 aromatic rings. The van der Waals surface area contributed by atoms with Gasteiger partial charge in [-0.15, -0.1) is 21.5 Å². The number of anilines is 1. The molecule has 0 atom stereocenters. The van der Waals surface area contributed by atoms with E-state index in [0.717, 1.165) is 33.0 Å². The number of aromatic nitrogens is 3. The standard InChI is InChI=1S/C20H23N5O3S3/c1-13-6-7-14(11-17(13)31(27,28)24(2)3)21-18(26)12-30-20-23-22-19(16-5-4-10-29-16)25(20)15-8-9-15/h4-7,10-11,15H,8-9,12H2,1-3H3,(H,21,26). The molecule has 0 saturated heterocycles. The highest BCUT2D eigenvalue weighted by molar-refractivity contribution is 7.99. The summed E-state index contributed by atoms with van der Waals surface area (Å²) in [6.07, 6.45) is 2.17. The Hall–Kier alpha value is -2.21. The van der Waals surface area contributed by atoms with Crippen molar-refractivity contribution in [2.24, 2.45) is 0 Å². The first kappa shape index (κ1) is 22.0. The summed E-state index contributed by atoms with van der Waals surface area (Å²) in [5.74, 6) is 0.765. The third-order valence-corrected chi connectivity index (χ3v) is 8.65. The van der Waals surface area contributed by atoms with E-state index in [9.17, 15) is 13.2 Å². The molecule has 0 bridgehead atoms. The fourth-order valence-electron chi connectivity index (χ4n) is 3.09. The highest BCUT2D eigenvalue weighted by Crippen LogP contribution is 2.41. The molecule has 2 heterocycles. The van der Waals surface area contributed by atoms with Crippen LogP contribution in [0.2, 0.25) is 0 Å². The van der Waals surface area contributed by atoms with Gasteiger partial charge in [0, 0.05) is 25.8 Å². The van der Waals surface area contributed by atoms with Crippen molar-refractivity contribution in [3.8, 4) is 10.7 Å². The molecule has 1 fully saturated rings. The average molecular weight is 478 g/mol. The molecule has 164 valence electrons. The predicted octanol–water partition coefficient (Wildman–Crippen LogP) is 3.63. The Morgan fingerprint density at radius 3 is 2.71 bits per heavy atom. The van der Waals surface area contributed by atoms with Gasteiger partial charge in [0.1, 0.15) is 0 Å². The van der Waals surface area contributed by atoms with Crippen LogP contribution in [0.1, 0.15) is 24.4 Å². The Morgan fingerprint density at radius 1 is 1.29 bits per heavy atom. The number of hydrogen-bond acceptors (Lipinski definition) is 7. The quantitative estimate of drug-likeness (QED) is 0.498. The van der Waals surface area contributed by atoms with E-state index in [4.69, 9.17) is 0 Å². The zero-order valence-electron chi connectivity index (χ0n) is 17.4. The van der Waals surface area contributed by atoms with Crippen LogP contribution in [0.5, 0.6) is 0 Å². The van der Waals surface area contributed by atoms with E-state index in [1.165, 1.54) is 31.9 Å². The molecular weight excluding hydrogens is 454 g/mol. The average Bonchev–Trinajstić information content (AvgIpc) is 3.24. The van der Waals surface area contributed by atoms with Gasteiger partial charge < -0.3 is 5.32 Å². The van der Waals surface area contributed by atoms with Crippen LogP contribution in [0, 0.1) is 6.92 Å². The maximum atomic E-state index is 12.6. The minimum Gasteiger partial charge on any atom is -0.325 e. The lowest BCUT2D eigenvalue weighted by atomic mass is 10.2. The maximum absolute atomic E-state index is 12.6. The monoisotopic (exact) mass is 477 g/mol. The minimum atomic E-state index is -3.59. The number of aryl methyl sites for hydroxylation is 1.